The first-order valence-electron chi connectivity index (χ1n) is 11.1. The number of hydrogen-bond acceptors (Lipinski definition) is 9. The van der Waals surface area contributed by atoms with Crippen LogP contribution in [0.4, 0.5) is 11.6 Å². The van der Waals surface area contributed by atoms with Gasteiger partial charge in [0, 0.05) is 36.3 Å². The van der Waals surface area contributed by atoms with Crippen LogP contribution in [0, 0.1) is 13.8 Å². The minimum absolute atomic E-state index is 0.614. The van der Waals surface area contributed by atoms with Crippen molar-refractivity contribution in [2.24, 2.45) is 0 Å². The number of nitrogens with zero attached hydrogens (tertiary/aromatic N) is 7. The number of rotatable bonds is 8. The second kappa shape index (κ2) is 10.0. The fourth-order valence-electron chi connectivity index (χ4n) is 3.47. The van der Waals surface area contributed by atoms with E-state index in [9.17, 15) is 0 Å². The molecule has 0 aromatic carbocycles. The fraction of sp³-hybridized carbons (Fsp3) is 0.160. The van der Waals surface area contributed by atoms with Crippen LogP contribution >= 0.6 is 0 Å². The normalized spacial score (nSPS) is 10.8. The maximum atomic E-state index is 6.26. The number of aromatic nitrogens is 8. The standard InChI is InChI=1S/C25H23N9O/c1-16-14-21(25(28-17(16)2)20-7-3-4-12-26-20)35-19-11-13-27-24(15-19)30-22-8-5-6-18(29-22)9-10-23-31-33-34-32-23/h3-8,11-15H,9-10H2,1-2H3,(H,27,29,30)(H,31,32,33,34). The zero-order valence-electron chi connectivity index (χ0n) is 19.3. The lowest BCUT2D eigenvalue weighted by Gasteiger charge is -2.13. The molecule has 0 aliphatic carbocycles. The number of anilines is 2. The minimum atomic E-state index is 0.614. The summed E-state index contributed by atoms with van der Waals surface area (Å²) in [6, 6.07) is 17.1. The number of aromatic amines is 1. The highest BCUT2D eigenvalue weighted by atomic mass is 16.5. The minimum Gasteiger partial charge on any atom is -0.455 e. The summed E-state index contributed by atoms with van der Waals surface area (Å²) in [4.78, 5) is 18.3. The summed E-state index contributed by atoms with van der Waals surface area (Å²) >= 11 is 0. The third-order valence-corrected chi connectivity index (χ3v) is 5.37. The van der Waals surface area contributed by atoms with Crippen LogP contribution in [-0.4, -0.2) is 40.6 Å². The molecular formula is C25H23N9O. The predicted molar refractivity (Wildman–Crippen MR) is 130 cm³/mol. The van der Waals surface area contributed by atoms with Gasteiger partial charge >= 0.3 is 0 Å². The molecular weight excluding hydrogens is 442 g/mol. The third kappa shape index (κ3) is 5.44. The van der Waals surface area contributed by atoms with E-state index in [1.54, 1.807) is 18.5 Å². The Bertz CT molecular complexity index is 1420. The quantitative estimate of drug-likeness (QED) is 0.343. The summed E-state index contributed by atoms with van der Waals surface area (Å²) in [6.07, 6.45) is 4.81. The van der Waals surface area contributed by atoms with E-state index in [1.165, 1.54) is 0 Å². The molecule has 0 saturated carbocycles. The van der Waals surface area contributed by atoms with Gasteiger partial charge in [-0.25, -0.2) is 20.1 Å². The molecule has 0 amide bonds. The second-order valence-electron chi connectivity index (χ2n) is 7.92. The Morgan fingerprint density at radius 1 is 0.886 bits per heavy atom. The molecule has 0 aliphatic rings. The molecule has 0 radical (unpaired) electrons. The SMILES string of the molecule is Cc1cc(Oc2ccnc(Nc3cccc(CCc4nnn[nH]4)n3)c2)c(-c2ccccn2)nc1C. The molecule has 5 heterocycles. The smallest absolute Gasteiger partial charge is 0.155 e. The van der Waals surface area contributed by atoms with Gasteiger partial charge in [-0.05, 0) is 72.7 Å². The van der Waals surface area contributed by atoms with Crippen LogP contribution in [0.3, 0.4) is 0 Å². The van der Waals surface area contributed by atoms with Gasteiger partial charge in [-0.15, -0.1) is 5.10 Å². The lowest BCUT2D eigenvalue weighted by molar-refractivity contribution is 0.481. The lowest BCUT2D eigenvalue weighted by Crippen LogP contribution is -2.01. The number of nitrogens with one attached hydrogen (secondary N) is 2. The van der Waals surface area contributed by atoms with Crippen molar-refractivity contribution < 1.29 is 4.74 Å². The van der Waals surface area contributed by atoms with Crippen LogP contribution in [0.1, 0.15) is 22.8 Å². The second-order valence-corrected chi connectivity index (χ2v) is 7.92. The highest BCUT2D eigenvalue weighted by Crippen LogP contribution is 2.33. The van der Waals surface area contributed by atoms with E-state index in [-0.39, 0.29) is 0 Å². The number of aryl methyl sites for hydroxylation is 4. The number of H-pyrrole nitrogens is 1. The Kier molecular flexibility index (Phi) is 6.33. The summed E-state index contributed by atoms with van der Waals surface area (Å²) in [5, 5.41) is 17.1. The highest BCUT2D eigenvalue weighted by molar-refractivity contribution is 5.64. The van der Waals surface area contributed by atoms with E-state index in [1.807, 2.05) is 62.4 Å². The molecule has 10 heteroatoms. The third-order valence-electron chi connectivity index (χ3n) is 5.37. The van der Waals surface area contributed by atoms with Crippen LogP contribution in [0.15, 0.2) is 67.0 Å². The lowest BCUT2D eigenvalue weighted by atomic mass is 10.1. The number of ether oxygens (including phenoxy) is 1. The molecule has 0 saturated heterocycles. The van der Waals surface area contributed by atoms with Gasteiger partial charge in [0.05, 0.1) is 5.69 Å². The van der Waals surface area contributed by atoms with Crippen molar-refractivity contribution in [3.8, 4) is 22.9 Å². The molecule has 0 bridgehead atoms. The molecule has 0 fully saturated rings. The zero-order valence-corrected chi connectivity index (χ0v) is 19.3. The molecule has 5 rings (SSSR count). The molecule has 5 aromatic heterocycles. The van der Waals surface area contributed by atoms with Gasteiger partial charge in [-0.2, -0.15) is 0 Å². The topological polar surface area (TPSA) is 127 Å². The molecule has 174 valence electrons. The van der Waals surface area contributed by atoms with Gasteiger partial charge < -0.3 is 10.1 Å². The average molecular weight is 466 g/mol. The van der Waals surface area contributed by atoms with Crippen LogP contribution < -0.4 is 10.1 Å². The first kappa shape index (κ1) is 22.1. The monoisotopic (exact) mass is 465 g/mol. The van der Waals surface area contributed by atoms with E-state index in [0.717, 1.165) is 28.5 Å². The van der Waals surface area contributed by atoms with E-state index in [4.69, 9.17) is 9.72 Å². The van der Waals surface area contributed by atoms with E-state index >= 15 is 0 Å². The summed E-state index contributed by atoms with van der Waals surface area (Å²) in [7, 11) is 0. The van der Waals surface area contributed by atoms with E-state index < -0.39 is 0 Å². The maximum absolute atomic E-state index is 6.26. The molecule has 0 spiro atoms. The Morgan fingerprint density at radius 2 is 1.83 bits per heavy atom. The van der Waals surface area contributed by atoms with Gasteiger partial charge in [-0.1, -0.05) is 12.1 Å². The average Bonchev–Trinajstić information content (AvgIpc) is 3.40. The number of tetrazole rings is 1. The maximum Gasteiger partial charge on any atom is 0.155 e. The van der Waals surface area contributed by atoms with E-state index in [0.29, 0.717) is 41.7 Å². The van der Waals surface area contributed by atoms with Crippen molar-refractivity contribution in [1.82, 2.24) is 40.6 Å². The first-order valence-corrected chi connectivity index (χ1v) is 11.1. The van der Waals surface area contributed by atoms with Crippen molar-refractivity contribution in [2.45, 2.75) is 26.7 Å². The number of hydrogen-bond donors (Lipinski definition) is 2. The van der Waals surface area contributed by atoms with Crippen LogP contribution in [-0.2, 0) is 12.8 Å². The van der Waals surface area contributed by atoms with Crippen molar-refractivity contribution in [2.75, 3.05) is 5.32 Å². The predicted octanol–water partition coefficient (Wildman–Crippen LogP) is 4.38. The summed E-state index contributed by atoms with van der Waals surface area (Å²) in [5.74, 6) is 3.28. The summed E-state index contributed by atoms with van der Waals surface area (Å²) < 4.78 is 6.26. The fourth-order valence-corrected chi connectivity index (χ4v) is 3.47. The number of pyridine rings is 4. The molecule has 10 nitrogen and oxygen atoms in total. The van der Waals surface area contributed by atoms with Gasteiger partial charge in [0.15, 0.2) is 5.75 Å². The van der Waals surface area contributed by atoms with Crippen LogP contribution in [0.2, 0.25) is 0 Å². The van der Waals surface area contributed by atoms with Gasteiger partial charge in [0.25, 0.3) is 0 Å². The highest BCUT2D eigenvalue weighted by Gasteiger charge is 2.13. The van der Waals surface area contributed by atoms with E-state index in [2.05, 4.69) is 40.9 Å². The molecule has 0 atom stereocenters. The Balaban J connectivity index is 1.34. The van der Waals surface area contributed by atoms with Crippen molar-refractivity contribution in [3.63, 3.8) is 0 Å². The summed E-state index contributed by atoms with van der Waals surface area (Å²) in [5.41, 5.74) is 4.33. The zero-order chi connectivity index (χ0) is 24.0. The molecule has 2 N–H and O–H groups in total. The first-order chi connectivity index (χ1) is 17.1. The Hall–Kier alpha value is -4.73. The largest absolute Gasteiger partial charge is 0.455 e. The Morgan fingerprint density at radius 3 is 2.66 bits per heavy atom. The molecule has 0 aliphatic heterocycles. The molecule has 0 unspecified atom stereocenters. The van der Waals surface area contributed by atoms with Crippen molar-refractivity contribution in [3.05, 3.63) is 89.8 Å². The van der Waals surface area contributed by atoms with Gasteiger partial charge in [-0.3, -0.25) is 4.98 Å². The molecule has 35 heavy (non-hydrogen) atoms. The van der Waals surface area contributed by atoms with Gasteiger partial charge in [0.2, 0.25) is 0 Å². The van der Waals surface area contributed by atoms with Crippen LogP contribution in [0.25, 0.3) is 11.4 Å². The van der Waals surface area contributed by atoms with Crippen molar-refractivity contribution >= 4 is 11.6 Å². The Labute approximate surface area is 201 Å². The van der Waals surface area contributed by atoms with Crippen molar-refractivity contribution in [1.29, 1.82) is 0 Å². The van der Waals surface area contributed by atoms with Crippen LogP contribution in [0.5, 0.6) is 11.5 Å². The summed E-state index contributed by atoms with van der Waals surface area (Å²) in [6.45, 7) is 3.98. The van der Waals surface area contributed by atoms with Gasteiger partial charge in [0.1, 0.15) is 28.9 Å². The molecule has 5 aromatic rings.